The third kappa shape index (κ3) is 15.6. The topological polar surface area (TPSA) is 530 Å². The lowest BCUT2D eigenvalue weighted by molar-refractivity contribution is -0.330. The van der Waals surface area contributed by atoms with E-state index in [1.165, 1.54) is 26.1 Å². The van der Waals surface area contributed by atoms with E-state index in [0.717, 1.165) is 66.7 Å². The van der Waals surface area contributed by atoms with Crippen LogP contribution in [0.25, 0.3) is 11.1 Å². The molecule has 0 aromatic heterocycles. The van der Waals surface area contributed by atoms with Crippen LogP contribution in [0.4, 0.5) is 0 Å². The van der Waals surface area contributed by atoms with Crippen molar-refractivity contribution in [2.24, 2.45) is 17.4 Å². The van der Waals surface area contributed by atoms with Gasteiger partial charge in [-0.2, -0.15) is 0 Å². The number of amides is 7. The van der Waals surface area contributed by atoms with Gasteiger partial charge in [-0.15, -0.1) is 0 Å². The lowest BCUT2D eigenvalue weighted by Crippen LogP contribution is -2.62. The van der Waals surface area contributed by atoms with E-state index in [1.807, 2.05) is 13.8 Å². The highest BCUT2D eigenvalue weighted by molar-refractivity contribution is 6.32. The molecule has 35 heteroatoms. The van der Waals surface area contributed by atoms with Crippen molar-refractivity contribution in [2.45, 2.75) is 150 Å². The Hall–Kier alpha value is -9.20. The molecule has 5 aromatic rings. The number of fused-ring (bicyclic) bond motifs is 15. The molecule has 7 amide bonds. The average molecular weight is 1440 g/mol. The summed E-state index contributed by atoms with van der Waals surface area (Å²) in [6.45, 7) is 4.15. The van der Waals surface area contributed by atoms with E-state index in [0.29, 0.717) is 0 Å². The zero-order chi connectivity index (χ0) is 72.6. The van der Waals surface area contributed by atoms with Crippen LogP contribution in [-0.2, 0) is 52.6 Å². The van der Waals surface area contributed by atoms with Crippen molar-refractivity contribution < 1.29 is 118 Å². The number of halogens is 2. The van der Waals surface area contributed by atoms with Crippen LogP contribution in [0.2, 0.25) is 10.0 Å². The SMILES string of the molecule is CN[C@H](CC(C)C)C(=O)N[C@H]1C(=O)N[C@@H](CC(N)=O)C(=O)N[C@H]2C(=O)NC3C(=O)N[C@H](C(=O)N[C@@H](C(=O)O)c4cc(O)cc(O)c4-c4cc3ccc4O)[C@H](O)c3ccc(c(Cl)c3)Oc3cc2cc(c3OC2OC(CO)C(O)C(O)C2OC2CC(N)C(O)C(C)O2)Oc2ccc(cc2Cl)[C@H]1O. The van der Waals surface area contributed by atoms with Gasteiger partial charge < -0.3 is 128 Å². The Morgan fingerprint density at radius 2 is 1.30 bits per heavy atom. The number of nitrogens with one attached hydrogen (secondary N) is 7. The summed E-state index contributed by atoms with van der Waals surface area (Å²) < 4.78 is 38.1. The van der Waals surface area contributed by atoms with Gasteiger partial charge in [-0.25, -0.2) is 4.79 Å². The second kappa shape index (κ2) is 30.3. The van der Waals surface area contributed by atoms with Gasteiger partial charge in [0.15, 0.2) is 29.9 Å². The third-order valence-electron chi connectivity index (χ3n) is 17.4. The molecule has 12 rings (SSSR count). The Bertz CT molecular complexity index is 4010. The van der Waals surface area contributed by atoms with Crippen LogP contribution < -0.4 is 62.9 Å². The molecule has 33 nitrogen and oxygen atoms in total. The van der Waals surface area contributed by atoms with Crippen LogP contribution >= 0.6 is 23.2 Å². The number of benzene rings is 5. The predicted octanol–water partition coefficient (Wildman–Crippen LogP) is -0.284. The van der Waals surface area contributed by atoms with Crippen LogP contribution in [0.3, 0.4) is 0 Å². The standard InChI is InChI=1S/C65H73Cl2N9O24/c1-22(2)11-34(70-4)58(87)75-49-52(83)25-6-9-38(31(66)13-25)96-40-15-27-16-41(56(40)100-65-57(55(86)54(85)42(21-77)98-65)99-44-19-33(68)51(82)23(3)95-44)97-39-10-7-26(14-32(39)67)53(84)50-63(92)74-48(64(93)94)30-17-28(78)18-37(80)45(30)29-12-24(5-8-36(29)79)46(60(89)76-50)73-61(90)47(27)72-59(88)35(20-43(69)81)71-62(49)91/h5-10,12-18,22-23,33-35,42,44,46-55,57,65,70,77-80,82-86H,11,19-21,68H2,1-4H3,(H2,69,81)(H,71,91)(H,72,88)(H,73,90)(H,74,92)(H,75,87)(H,76,89)(H,93,94)/t23?,33?,34-,35+,42?,44?,46?,47-,48-,49-,50+,51?,52-,53-,54?,55?,57?,65?/m1/s1. The number of ether oxygens (including phenoxy) is 6. The minimum absolute atomic E-state index is 0.0963. The zero-order valence-corrected chi connectivity index (χ0v) is 54.9. The van der Waals surface area contributed by atoms with Crippen molar-refractivity contribution >= 4 is 70.5 Å². The minimum atomic E-state index is -2.34. The van der Waals surface area contributed by atoms with Gasteiger partial charge in [-0.05, 0) is 103 Å². The molecule has 5 aromatic carbocycles. The Balaban J connectivity index is 1.24. The number of nitrogens with two attached hydrogens (primary N) is 2. The van der Waals surface area contributed by atoms with E-state index in [1.54, 1.807) is 0 Å². The number of likely N-dealkylation sites (N-methyl/N-ethyl adjacent to an activating group) is 1. The number of aromatic hydroxyl groups is 3. The first-order valence-corrected chi connectivity index (χ1v) is 32.0. The Morgan fingerprint density at radius 3 is 1.89 bits per heavy atom. The van der Waals surface area contributed by atoms with Gasteiger partial charge in [0.25, 0.3) is 0 Å². The molecule has 11 bridgehead atoms. The van der Waals surface area contributed by atoms with Crippen LogP contribution in [-0.4, -0.2) is 191 Å². The molecule has 0 spiro atoms. The van der Waals surface area contributed by atoms with Crippen molar-refractivity contribution in [2.75, 3.05) is 13.7 Å². The van der Waals surface area contributed by atoms with E-state index >= 15 is 14.4 Å². The number of hydrogen-bond acceptors (Lipinski definition) is 25. The number of aliphatic carboxylic acids is 1. The van der Waals surface area contributed by atoms with Gasteiger partial charge in [-0.1, -0.05) is 55.2 Å². The highest BCUT2D eigenvalue weighted by Gasteiger charge is 2.50. The molecule has 536 valence electrons. The van der Waals surface area contributed by atoms with E-state index in [-0.39, 0.29) is 46.2 Å². The van der Waals surface area contributed by atoms with Gasteiger partial charge in [0, 0.05) is 35.2 Å². The second-order valence-corrected chi connectivity index (χ2v) is 25.8. The molecule has 10 unspecified atom stereocenters. The summed E-state index contributed by atoms with van der Waals surface area (Å²) >= 11 is 14.1. The van der Waals surface area contributed by atoms with Crippen LogP contribution in [0.15, 0.2) is 78.9 Å². The Labute approximate surface area is 577 Å². The number of rotatable bonds is 13. The summed E-state index contributed by atoms with van der Waals surface area (Å²) in [7, 11) is 1.47. The highest BCUT2D eigenvalue weighted by Crippen LogP contribution is 2.50. The quantitative estimate of drug-likeness (QED) is 0.0720. The average Bonchev–Trinajstić information content (AvgIpc) is 0.769. The zero-order valence-electron chi connectivity index (χ0n) is 53.4. The summed E-state index contributed by atoms with van der Waals surface area (Å²) in [4.78, 5) is 117. The number of carbonyl (C=O) groups excluding carboxylic acids is 7. The lowest BCUT2D eigenvalue weighted by Gasteiger charge is -2.44. The second-order valence-electron chi connectivity index (χ2n) is 24.9. The van der Waals surface area contributed by atoms with Crippen molar-refractivity contribution in [3.05, 3.63) is 117 Å². The molecular weight excluding hydrogens is 1360 g/mol. The molecule has 7 heterocycles. The van der Waals surface area contributed by atoms with Crippen molar-refractivity contribution in [3.63, 3.8) is 0 Å². The highest BCUT2D eigenvalue weighted by atomic mass is 35.5. The fourth-order valence-corrected chi connectivity index (χ4v) is 12.7. The van der Waals surface area contributed by atoms with E-state index in [4.69, 9.17) is 63.1 Å². The molecule has 100 heavy (non-hydrogen) atoms. The number of carboxylic acid groups (broad SMARTS) is 1. The van der Waals surface area contributed by atoms with Crippen LogP contribution in [0, 0.1) is 5.92 Å². The number of hydrogen-bond donors (Lipinski definition) is 19. The fraction of sp³-hybridized carbons (Fsp3) is 0.415. The molecule has 7 aliphatic heterocycles. The van der Waals surface area contributed by atoms with Gasteiger partial charge >= 0.3 is 5.97 Å². The smallest absolute Gasteiger partial charge is 0.330 e. The number of carboxylic acids is 1. The molecule has 0 aliphatic carbocycles. The van der Waals surface area contributed by atoms with Gasteiger partial charge in [0.1, 0.15) is 89.5 Å². The number of primary amides is 1. The number of aliphatic hydroxyl groups excluding tert-OH is 6. The number of carbonyl (C=O) groups is 8. The predicted molar refractivity (Wildman–Crippen MR) is 345 cm³/mol. The number of phenols is 3. The Morgan fingerprint density at radius 1 is 0.690 bits per heavy atom. The maximum absolute atomic E-state index is 16.0. The molecule has 2 fully saturated rings. The van der Waals surface area contributed by atoms with E-state index < -0.39 is 238 Å². The maximum atomic E-state index is 16.0. The largest absolute Gasteiger partial charge is 0.508 e. The van der Waals surface area contributed by atoms with Crippen LogP contribution in [0.5, 0.6) is 46.0 Å². The molecule has 0 radical (unpaired) electrons. The maximum Gasteiger partial charge on any atom is 0.330 e. The third-order valence-corrected chi connectivity index (χ3v) is 18.0. The van der Waals surface area contributed by atoms with Gasteiger partial charge in [-0.3, -0.25) is 33.6 Å². The number of phenolic OH excluding ortho intramolecular Hbond substituents is 3. The summed E-state index contributed by atoms with van der Waals surface area (Å²) in [5, 5.41) is 130. The summed E-state index contributed by atoms with van der Waals surface area (Å²) in [5.74, 6) is -16.0. The minimum Gasteiger partial charge on any atom is -0.508 e. The van der Waals surface area contributed by atoms with Crippen molar-refractivity contribution in [3.8, 4) is 57.1 Å². The van der Waals surface area contributed by atoms with Gasteiger partial charge in [0.05, 0.1) is 41.3 Å². The molecule has 7 aliphatic rings. The summed E-state index contributed by atoms with van der Waals surface area (Å²) in [5.41, 5.74) is 9.15. The van der Waals surface area contributed by atoms with E-state index in [9.17, 15) is 75.0 Å². The van der Waals surface area contributed by atoms with Crippen molar-refractivity contribution in [1.29, 1.82) is 0 Å². The Kier molecular flexibility index (Phi) is 22.3. The normalized spacial score (nSPS) is 28.9. The van der Waals surface area contributed by atoms with E-state index in [2.05, 4.69) is 37.2 Å². The molecule has 18 atom stereocenters. The summed E-state index contributed by atoms with van der Waals surface area (Å²) in [6.07, 6.45) is -18.3. The van der Waals surface area contributed by atoms with Gasteiger partial charge in [0.2, 0.25) is 53.4 Å². The fourth-order valence-electron chi connectivity index (χ4n) is 12.2. The number of aliphatic hydroxyl groups is 6. The molecule has 0 saturated carbocycles. The summed E-state index contributed by atoms with van der Waals surface area (Å²) in [6, 6.07) is -1.63. The first-order chi connectivity index (χ1) is 47.3. The molecule has 2 saturated heterocycles. The lowest BCUT2D eigenvalue weighted by atomic mass is 9.89. The first-order valence-electron chi connectivity index (χ1n) is 31.3. The molecular formula is C65H73Cl2N9O24. The molecule has 21 N–H and O–H groups in total. The van der Waals surface area contributed by atoms with Crippen LogP contribution in [0.1, 0.15) is 98.2 Å². The first kappa shape index (κ1) is 73.5. The van der Waals surface area contributed by atoms with Crippen molar-refractivity contribution in [1.82, 2.24) is 37.2 Å². The monoisotopic (exact) mass is 1430 g/mol.